The van der Waals surface area contributed by atoms with Crippen molar-refractivity contribution < 1.29 is 9.53 Å². The molecule has 0 aromatic heterocycles. The molecule has 1 heterocycles. The summed E-state index contributed by atoms with van der Waals surface area (Å²) in [6.45, 7) is 3.30. The zero-order valence-corrected chi connectivity index (χ0v) is 12.8. The van der Waals surface area contributed by atoms with Crippen molar-refractivity contribution in [2.75, 3.05) is 20.2 Å². The van der Waals surface area contributed by atoms with Gasteiger partial charge in [0.25, 0.3) is 0 Å². The summed E-state index contributed by atoms with van der Waals surface area (Å²) in [4.78, 5) is 14.4. The van der Waals surface area contributed by atoms with Crippen molar-refractivity contribution in [1.82, 2.24) is 4.90 Å². The normalized spacial score (nSPS) is 19.5. The number of nitrogens with zero attached hydrogens (tertiary/aromatic N) is 1. The maximum absolute atomic E-state index is 12.5. The number of allylic oxidation sites excluding steroid dienone is 1. The number of carbonyl (C=O) groups excluding carboxylic acids is 1. The number of amides is 1. The van der Waals surface area contributed by atoms with Crippen molar-refractivity contribution >= 4 is 11.5 Å². The standard InChI is InChI=1S/C17H24N2O2/c1-13(14-6-5-8-16(11-14)21-2)10-17(20)19-9-4-3-7-15(19)12-18/h5-6,8,10-11,15H,3-4,7,9,12,18H2,1-2H3. The van der Waals surface area contributed by atoms with E-state index in [-0.39, 0.29) is 11.9 Å². The number of rotatable bonds is 4. The molecular weight excluding hydrogens is 264 g/mol. The molecule has 1 aliphatic rings. The second-order valence-electron chi connectivity index (χ2n) is 5.48. The van der Waals surface area contributed by atoms with Gasteiger partial charge in [-0.15, -0.1) is 0 Å². The van der Waals surface area contributed by atoms with Crippen molar-refractivity contribution in [3.8, 4) is 5.75 Å². The molecule has 1 saturated heterocycles. The Morgan fingerprint density at radius 1 is 1.48 bits per heavy atom. The van der Waals surface area contributed by atoms with Crippen LogP contribution < -0.4 is 10.5 Å². The van der Waals surface area contributed by atoms with Crippen LogP contribution in [0.1, 0.15) is 31.7 Å². The molecule has 1 unspecified atom stereocenters. The molecule has 0 saturated carbocycles. The Balaban J connectivity index is 2.14. The average Bonchev–Trinajstić information content (AvgIpc) is 2.54. The van der Waals surface area contributed by atoms with Gasteiger partial charge in [0.15, 0.2) is 0 Å². The molecule has 21 heavy (non-hydrogen) atoms. The fourth-order valence-electron chi connectivity index (χ4n) is 2.76. The lowest BCUT2D eigenvalue weighted by Gasteiger charge is -2.34. The molecule has 114 valence electrons. The van der Waals surface area contributed by atoms with Crippen LogP contribution in [-0.2, 0) is 4.79 Å². The lowest BCUT2D eigenvalue weighted by Crippen LogP contribution is -2.46. The highest BCUT2D eigenvalue weighted by atomic mass is 16.5. The number of benzene rings is 1. The number of carbonyl (C=O) groups is 1. The lowest BCUT2D eigenvalue weighted by atomic mass is 10.0. The van der Waals surface area contributed by atoms with E-state index in [1.807, 2.05) is 36.1 Å². The van der Waals surface area contributed by atoms with Crippen LogP contribution in [0.25, 0.3) is 5.57 Å². The van der Waals surface area contributed by atoms with Gasteiger partial charge < -0.3 is 15.4 Å². The molecule has 0 aliphatic carbocycles. The highest BCUT2D eigenvalue weighted by Gasteiger charge is 2.24. The molecule has 0 radical (unpaired) electrons. The van der Waals surface area contributed by atoms with E-state index in [1.165, 1.54) is 0 Å². The quantitative estimate of drug-likeness (QED) is 0.866. The third-order valence-corrected chi connectivity index (χ3v) is 4.05. The van der Waals surface area contributed by atoms with Crippen LogP contribution >= 0.6 is 0 Å². The lowest BCUT2D eigenvalue weighted by molar-refractivity contribution is -0.129. The largest absolute Gasteiger partial charge is 0.497 e. The van der Waals surface area contributed by atoms with E-state index >= 15 is 0 Å². The average molecular weight is 288 g/mol. The van der Waals surface area contributed by atoms with Gasteiger partial charge in [0.1, 0.15) is 5.75 Å². The highest BCUT2D eigenvalue weighted by Crippen LogP contribution is 2.21. The predicted molar refractivity (Wildman–Crippen MR) is 85.1 cm³/mol. The van der Waals surface area contributed by atoms with E-state index in [9.17, 15) is 4.79 Å². The molecule has 4 nitrogen and oxygen atoms in total. The van der Waals surface area contributed by atoms with Crippen LogP contribution in [0.3, 0.4) is 0 Å². The fourth-order valence-corrected chi connectivity index (χ4v) is 2.76. The number of methoxy groups -OCH3 is 1. The summed E-state index contributed by atoms with van der Waals surface area (Å²) in [5, 5.41) is 0. The van der Waals surface area contributed by atoms with Crippen molar-refractivity contribution in [2.24, 2.45) is 5.73 Å². The van der Waals surface area contributed by atoms with Crippen LogP contribution in [0, 0.1) is 0 Å². The van der Waals surface area contributed by atoms with Crippen LogP contribution in [-0.4, -0.2) is 37.0 Å². The third-order valence-electron chi connectivity index (χ3n) is 4.05. The van der Waals surface area contributed by atoms with Gasteiger partial charge in [-0.05, 0) is 49.5 Å². The molecule has 0 spiro atoms. The first-order chi connectivity index (χ1) is 10.2. The summed E-state index contributed by atoms with van der Waals surface area (Å²) in [7, 11) is 1.64. The minimum Gasteiger partial charge on any atom is -0.497 e. The van der Waals surface area contributed by atoms with E-state index in [0.29, 0.717) is 6.54 Å². The SMILES string of the molecule is COc1cccc(C(C)=CC(=O)N2CCCCC2CN)c1. The smallest absolute Gasteiger partial charge is 0.247 e. The molecule has 1 amide bonds. The van der Waals surface area contributed by atoms with Gasteiger partial charge in [0, 0.05) is 25.2 Å². The van der Waals surface area contributed by atoms with Crippen LogP contribution in [0.2, 0.25) is 0 Å². The second kappa shape index (κ2) is 7.27. The number of nitrogens with two attached hydrogens (primary N) is 1. The molecule has 2 rings (SSSR count). The molecule has 1 aliphatic heterocycles. The maximum Gasteiger partial charge on any atom is 0.247 e. The van der Waals surface area contributed by atoms with Gasteiger partial charge in [-0.3, -0.25) is 4.79 Å². The van der Waals surface area contributed by atoms with Crippen molar-refractivity contribution in [1.29, 1.82) is 0 Å². The zero-order chi connectivity index (χ0) is 15.2. The second-order valence-corrected chi connectivity index (χ2v) is 5.48. The summed E-state index contributed by atoms with van der Waals surface area (Å²) < 4.78 is 5.22. The summed E-state index contributed by atoms with van der Waals surface area (Å²) >= 11 is 0. The third kappa shape index (κ3) is 3.85. The Kier molecular flexibility index (Phi) is 5.39. The van der Waals surface area contributed by atoms with Gasteiger partial charge in [-0.1, -0.05) is 12.1 Å². The van der Waals surface area contributed by atoms with Crippen molar-refractivity contribution in [2.45, 2.75) is 32.2 Å². The van der Waals surface area contributed by atoms with E-state index in [2.05, 4.69) is 0 Å². The Morgan fingerprint density at radius 2 is 2.29 bits per heavy atom. The molecule has 1 atom stereocenters. The summed E-state index contributed by atoms with van der Waals surface area (Å²) in [6, 6.07) is 7.93. The molecule has 1 fully saturated rings. The van der Waals surface area contributed by atoms with Gasteiger partial charge in [-0.25, -0.2) is 0 Å². The number of hydrogen-bond acceptors (Lipinski definition) is 3. The Morgan fingerprint density at radius 3 is 3.00 bits per heavy atom. The topological polar surface area (TPSA) is 55.6 Å². The minimum atomic E-state index is 0.0606. The van der Waals surface area contributed by atoms with Crippen LogP contribution in [0.15, 0.2) is 30.3 Å². The van der Waals surface area contributed by atoms with Crippen molar-refractivity contribution in [3.63, 3.8) is 0 Å². The molecular formula is C17H24N2O2. The summed E-state index contributed by atoms with van der Waals surface area (Å²) in [6.07, 6.45) is 4.94. The number of likely N-dealkylation sites (tertiary alicyclic amines) is 1. The number of piperidine rings is 1. The number of hydrogen-bond donors (Lipinski definition) is 1. The summed E-state index contributed by atoms with van der Waals surface area (Å²) in [5.74, 6) is 0.857. The van der Waals surface area contributed by atoms with Gasteiger partial charge in [0.2, 0.25) is 5.91 Å². The minimum absolute atomic E-state index is 0.0606. The van der Waals surface area contributed by atoms with E-state index < -0.39 is 0 Å². The fraction of sp³-hybridized carbons (Fsp3) is 0.471. The Labute approximate surface area is 126 Å². The maximum atomic E-state index is 12.5. The number of ether oxygens (including phenoxy) is 1. The van der Waals surface area contributed by atoms with Gasteiger partial charge in [-0.2, -0.15) is 0 Å². The first-order valence-corrected chi connectivity index (χ1v) is 7.49. The first kappa shape index (κ1) is 15.6. The van der Waals surface area contributed by atoms with Crippen LogP contribution in [0.4, 0.5) is 0 Å². The van der Waals surface area contributed by atoms with E-state index in [1.54, 1.807) is 13.2 Å². The Hall–Kier alpha value is -1.81. The van der Waals surface area contributed by atoms with Gasteiger partial charge in [0.05, 0.1) is 7.11 Å². The molecule has 2 N–H and O–H groups in total. The highest BCUT2D eigenvalue weighted by molar-refractivity contribution is 5.95. The monoisotopic (exact) mass is 288 g/mol. The van der Waals surface area contributed by atoms with Crippen molar-refractivity contribution in [3.05, 3.63) is 35.9 Å². The predicted octanol–water partition coefficient (Wildman–Crippen LogP) is 2.44. The molecule has 1 aromatic rings. The zero-order valence-electron chi connectivity index (χ0n) is 12.8. The molecule has 1 aromatic carbocycles. The van der Waals surface area contributed by atoms with Crippen LogP contribution in [0.5, 0.6) is 5.75 Å². The molecule has 4 heteroatoms. The molecule has 0 bridgehead atoms. The summed E-state index contributed by atoms with van der Waals surface area (Å²) in [5.41, 5.74) is 7.73. The van der Waals surface area contributed by atoms with E-state index in [0.717, 1.165) is 42.7 Å². The Bertz CT molecular complexity index is 525. The van der Waals surface area contributed by atoms with E-state index in [4.69, 9.17) is 10.5 Å². The van der Waals surface area contributed by atoms with Gasteiger partial charge >= 0.3 is 0 Å². The first-order valence-electron chi connectivity index (χ1n) is 7.49.